The van der Waals surface area contributed by atoms with Gasteiger partial charge in [-0.05, 0) is 38.1 Å². The monoisotopic (exact) mass is 276 g/mol. The highest BCUT2D eigenvalue weighted by molar-refractivity contribution is 7.07. The Morgan fingerprint density at radius 2 is 2.00 bits per heavy atom. The lowest BCUT2D eigenvalue weighted by Gasteiger charge is -2.17. The summed E-state index contributed by atoms with van der Waals surface area (Å²) in [5.74, 6) is 0.910. The predicted octanol–water partition coefficient (Wildman–Crippen LogP) is 3.63. The number of thiazole rings is 1. The maximum Gasteiger partial charge on any atom is 0.119 e. The van der Waals surface area contributed by atoms with E-state index in [1.54, 1.807) is 11.3 Å². The Balaban J connectivity index is 2.18. The highest BCUT2D eigenvalue weighted by Crippen LogP contribution is 2.24. The summed E-state index contributed by atoms with van der Waals surface area (Å²) in [6.45, 7) is 7.08. The van der Waals surface area contributed by atoms with Gasteiger partial charge in [0, 0.05) is 5.38 Å². The van der Waals surface area contributed by atoms with Crippen LogP contribution in [0.4, 0.5) is 0 Å². The summed E-state index contributed by atoms with van der Waals surface area (Å²) in [5, 5.41) is 5.55. The van der Waals surface area contributed by atoms with E-state index in [1.807, 2.05) is 31.5 Å². The number of hydrogen-bond acceptors (Lipinski definition) is 4. The maximum absolute atomic E-state index is 5.67. The molecule has 1 atom stereocenters. The lowest BCUT2D eigenvalue weighted by molar-refractivity contribution is 0.242. The van der Waals surface area contributed by atoms with E-state index in [0.29, 0.717) is 0 Å². The first kappa shape index (κ1) is 14.0. The molecule has 1 aromatic heterocycles. The van der Waals surface area contributed by atoms with Gasteiger partial charge >= 0.3 is 0 Å². The van der Waals surface area contributed by atoms with E-state index in [-0.39, 0.29) is 12.1 Å². The van der Waals surface area contributed by atoms with Gasteiger partial charge in [-0.15, -0.1) is 11.3 Å². The topological polar surface area (TPSA) is 34.1 Å². The zero-order chi connectivity index (χ0) is 13.7. The molecule has 1 N–H and O–H groups in total. The van der Waals surface area contributed by atoms with Crippen LogP contribution in [0.2, 0.25) is 0 Å². The minimum atomic E-state index is 0.157. The van der Waals surface area contributed by atoms with Crippen LogP contribution in [0.25, 0.3) is 0 Å². The van der Waals surface area contributed by atoms with E-state index in [4.69, 9.17) is 4.74 Å². The number of nitrogens with zero attached hydrogens (tertiary/aromatic N) is 1. The van der Waals surface area contributed by atoms with E-state index in [9.17, 15) is 0 Å². The van der Waals surface area contributed by atoms with Gasteiger partial charge in [0.15, 0.2) is 0 Å². The maximum atomic E-state index is 5.67. The second-order valence-electron chi connectivity index (χ2n) is 4.64. The zero-order valence-electron chi connectivity index (χ0n) is 11.6. The summed E-state index contributed by atoms with van der Waals surface area (Å²) in [4.78, 5) is 4.41. The Kier molecular flexibility index (Phi) is 4.93. The highest BCUT2D eigenvalue weighted by Gasteiger charge is 2.14. The van der Waals surface area contributed by atoms with Crippen LogP contribution in [0.1, 0.15) is 38.1 Å². The zero-order valence-corrected chi connectivity index (χ0v) is 12.4. The second kappa shape index (κ2) is 6.68. The van der Waals surface area contributed by atoms with E-state index in [0.717, 1.165) is 18.0 Å². The normalized spacial score (nSPS) is 12.6. The van der Waals surface area contributed by atoms with Gasteiger partial charge < -0.3 is 10.1 Å². The Bertz CT molecular complexity index is 479. The van der Waals surface area contributed by atoms with Gasteiger partial charge in [0.05, 0.1) is 23.4 Å². The molecule has 4 heteroatoms. The molecule has 1 unspecified atom stereocenters. The van der Waals surface area contributed by atoms with Crippen molar-refractivity contribution in [1.82, 2.24) is 10.3 Å². The van der Waals surface area contributed by atoms with Crippen LogP contribution in [-0.2, 0) is 0 Å². The predicted molar refractivity (Wildman–Crippen MR) is 79.8 cm³/mol. The minimum Gasteiger partial charge on any atom is -0.491 e. The standard InChI is InChI=1S/C15H20N2OS/c1-4-16-15(14-9-19-10-17-14)12-5-7-13(8-6-12)18-11(2)3/h5-11,15-16H,4H2,1-3H3. The van der Waals surface area contributed by atoms with Crippen molar-refractivity contribution in [2.75, 3.05) is 6.54 Å². The fraction of sp³-hybridized carbons (Fsp3) is 0.400. The average Bonchev–Trinajstić information content (AvgIpc) is 2.90. The molecule has 0 aliphatic heterocycles. The second-order valence-corrected chi connectivity index (χ2v) is 5.36. The van der Waals surface area contributed by atoms with Crippen molar-refractivity contribution in [3.63, 3.8) is 0 Å². The molecule has 0 amide bonds. The first-order chi connectivity index (χ1) is 9.20. The molecule has 0 radical (unpaired) electrons. The third kappa shape index (κ3) is 3.78. The molecular weight excluding hydrogens is 256 g/mol. The van der Waals surface area contributed by atoms with Gasteiger partial charge in [-0.2, -0.15) is 0 Å². The third-order valence-electron chi connectivity index (χ3n) is 2.74. The molecule has 1 aromatic carbocycles. The van der Waals surface area contributed by atoms with Crippen LogP contribution < -0.4 is 10.1 Å². The molecule has 1 heterocycles. The van der Waals surface area contributed by atoms with E-state index >= 15 is 0 Å². The first-order valence-electron chi connectivity index (χ1n) is 6.58. The number of ether oxygens (including phenoxy) is 1. The van der Waals surface area contributed by atoms with Crippen molar-refractivity contribution in [1.29, 1.82) is 0 Å². The molecule has 2 aromatic rings. The summed E-state index contributed by atoms with van der Waals surface area (Å²) >= 11 is 1.62. The van der Waals surface area contributed by atoms with Crippen LogP contribution in [-0.4, -0.2) is 17.6 Å². The SMILES string of the molecule is CCNC(c1ccc(OC(C)C)cc1)c1cscn1. The molecule has 0 saturated carbocycles. The molecule has 2 rings (SSSR count). The number of hydrogen-bond donors (Lipinski definition) is 1. The van der Waals surface area contributed by atoms with Crippen molar-refractivity contribution >= 4 is 11.3 Å². The first-order valence-corrected chi connectivity index (χ1v) is 7.53. The van der Waals surface area contributed by atoms with Crippen molar-refractivity contribution < 1.29 is 4.74 Å². The number of aromatic nitrogens is 1. The summed E-state index contributed by atoms with van der Waals surface area (Å²) in [6.07, 6.45) is 0.203. The lowest BCUT2D eigenvalue weighted by atomic mass is 10.0. The molecule has 0 aliphatic carbocycles. The van der Waals surface area contributed by atoms with Crippen LogP contribution >= 0.6 is 11.3 Å². The van der Waals surface area contributed by atoms with Crippen molar-refractivity contribution in [3.8, 4) is 5.75 Å². The fourth-order valence-electron chi connectivity index (χ4n) is 1.97. The van der Waals surface area contributed by atoms with Gasteiger partial charge in [0.25, 0.3) is 0 Å². The van der Waals surface area contributed by atoms with Gasteiger partial charge in [0.2, 0.25) is 0 Å². The fourth-order valence-corrected chi connectivity index (χ4v) is 2.55. The summed E-state index contributed by atoms with van der Waals surface area (Å²) in [7, 11) is 0. The van der Waals surface area contributed by atoms with Crippen LogP contribution in [0.5, 0.6) is 5.75 Å². The largest absolute Gasteiger partial charge is 0.491 e. The molecule has 0 bridgehead atoms. The van der Waals surface area contributed by atoms with Crippen molar-refractivity contribution in [2.24, 2.45) is 0 Å². The highest BCUT2D eigenvalue weighted by atomic mass is 32.1. The Morgan fingerprint density at radius 1 is 1.26 bits per heavy atom. The quantitative estimate of drug-likeness (QED) is 0.875. The molecule has 0 aliphatic rings. The van der Waals surface area contributed by atoms with Gasteiger partial charge in [0.1, 0.15) is 5.75 Å². The number of nitrogens with one attached hydrogen (secondary N) is 1. The molecule has 3 nitrogen and oxygen atoms in total. The Morgan fingerprint density at radius 3 is 2.53 bits per heavy atom. The van der Waals surface area contributed by atoms with E-state index in [1.165, 1.54) is 5.56 Å². The van der Waals surface area contributed by atoms with E-state index < -0.39 is 0 Å². The molecule has 19 heavy (non-hydrogen) atoms. The van der Waals surface area contributed by atoms with Crippen LogP contribution in [0, 0.1) is 0 Å². The van der Waals surface area contributed by atoms with Crippen LogP contribution in [0.15, 0.2) is 35.2 Å². The van der Waals surface area contributed by atoms with Crippen LogP contribution in [0.3, 0.4) is 0 Å². The van der Waals surface area contributed by atoms with Crippen molar-refractivity contribution in [2.45, 2.75) is 32.9 Å². The molecule has 0 saturated heterocycles. The molecule has 0 spiro atoms. The average molecular weight is 276 g/mol. The van der Waals surface area contributed by atoms with Gasteiger partial charge in [-0.3, -0.25) is 0 Å². The van der Waals surface area contributed by atoms with E-state index in [2.05, 4.69) is 34.7 Å². The Labute approximate surface area is 118 Å². The third-order valence-corrected chi connectivity index (χ3v) is 3.35. The molecule has 0 fully saturated rings. The van der Waals surface area contributed by atoms with Gasteiger partial charge in [-0.1, -0.05) is 19.1 Å². The molecular formula is C15H20N2OS. The number of rotatable bonds is 6. The Hall–Kier alpha value is -1.39. The smallest absolute Gasteiger partial charge is 0.119 e. The summed E-state index contributed by atoms with van der Waals surface area (Å²) in [5.41, 5.74) is 4.16. The number of benzene rings is 1. The molecule has 102 valence electrons. The van der Waals surface area contributed by atoms with Crippen molar-refractivity contribution in [3.05, 3.63) is 46.4 Å². The lowest BCUT2D eigenvalue weighted by Crippen LogP contribution is -2.22. The minimum absolute atomic E-state index is 0.157. The summed E-state index contributed by atoms with van der Waals surface area (Å²) in [6, 6.07) is 8.40. The van der Waals surface area contributed by atoms with Gasteiger partial charge in [-0.25, -0.2) is 4.98 Å². The summed E-state index contributed by atoms with van der Waals surface area (Å²) < 4.78 is 5.67.